The van der Waals surface area contributed by atoms with Gasteiger partial charge in [0.15, 0.2) is 12.4 Å². The summed E-state index contributed by atoms with van der Waals surface area (Å²) in [6, 6.07) is 0. The third kappa shape index (κ3) is 27.8. The minimum atomic E-state index is -1.60. The van der Waals surface area contributed by atoms with Crippen LogP contribution in [0.25, 0.3) is 0 Å². The molecular weight excluding hydrogens is 700 g/mol. The number of esters is 2. The molecule has 0 saturated carbocycles. The Balaban J connectivity index is 2.39. The Morgan fingerprint density at radius 2 is 1.02 bits per heavy atom. The van der Waals surface area contributed by atoms with Crippen LogP contribution in [-0.2, 0) is 28.5 Å². The van der Waals surface area contributed by atoms with E-state index in [-0.39, 0.29) is 26.1 Å². The van der Waals surface area contributed by atoms with E-state index in [1.54, 1.807) is 0 Å². The van der Waals surface area contributed by atoms with E-state index in [4.69, 9.17) is 18.9 Å². The fourth-order valence-electron chi connectivity index (χ4n) is 6.19. The van der Waals surface area contributed by atoms with Crippen molar-refractivity contribution in [3.05, 3.63) is 48.6 Å². The lowest BCUT2D eigenvalue weighted by molar-refractivity contribution is -0.305. The van der Waals surface area contributed by atoms with Gasteiger partial charge in [0.1, 0.15) is 31.0 Å². The summed E-state index contributed by atoms with van der Waals surface area (Å²) in [7, 11) is 0. The van der Waals surface area contributed by atoms with Crippen molar-refractivity contribution in [2.45, 2.75) is 205 Å². The number of aliphatic hydroxyl groups is 4. The summed E-state index contributed by atoms with van der Waals surface area (Å²) in [5.41, 5.74) is 0. The molecule has 0 radical (unpaired) electrons. The van der Waals surface area contributed by atoms with Gasteiger partial charge in [-0.05, 0) is 77.0 Å². The summed E-state index contributed by atoms with van der Waals surface area (Å²) in [6.45, 7) is 3.33. The average molecular weight is 779 g/mol. The molecule has 0 bridgehead atoms. The number of aliphatic hydroxyl groups excluding tert-OH is 4. The highest BCUT2D eigenvalue weighted by Crippen LogP contribution is 2.22. The van der Waals surface area contributed by atoms with Crippen molar-refractivity contribution >= 4 is 11.9 Å². The topological polar surface area (TPSA) is 152 Å². The molecule has 0 aromatic rings. The van der Waals surface area contributed by atoms with E-state index in [0.29, 0.717) is 12.8 Å². The van der Waals surface area contributed by atoms with Crippen LogP contribution in [0.5, 0.6) is 0 Å². The number of hydrogen-bond acceptors (Lipinski definition) is 10. The van der Waals surface area contributed by atoms with Crippen molar-refractivity contribution in [1.82, 2.24) is 0 Å². The summed E-state index contributed by atoms with van der Waals surface area (Å²) >= 11 is 0. The Kier molecular flexibility index (Phi) is 33.2. The van der Waals surface area contributed by atoms with Crippen molar-refractivity contribution in [3.63, 3.8) is 0 Å². The van der Waals surface area contributed by atoms with Gasteiger partial charge < -0.3 is 39.4 Å². The lowest BCUT2D eigenvalue weighted by Gasteiger charge is -2.39. The summed E-state index contributed by atoms with van der Waals surface area (Å²) in [6.07, 6.45) is 34.0. The Hall–Kier alpha value is -2.34. The third-order valence-electron chi connectivity index (χ3n) is 9.69. The van der Waals surface area contributed by atoms with E-state index in [1.807, 2.05) is 0 Å². The molecule has 1 aliphatic rings. The maximum absolute atomic E-state index is 12.7. The van der Waals surface area contributed by atoms with Crippen LogP contribution >= 0.6 is 0 Å². The first-order valence-corrected chi connectivity index (χ1v) is 21.7. The summed E-state index contributed by atoms with van der Waals surface area (Å²) < 4.78 is 22.1. The molecule has 10 nitrogen and oxygen atoms in total. The summed E-state index contributed by atoms with van der Waals surface area (Å²) in [5.74, 6) is -0.859. The van der Waals surface area contributed by atoms with Crippen LogP contribution in [0.3, 0.4) is 0 Å². The lowest BCUT2D eigenvalue weighted by atomic mass is 9.99. The van der Waals surface area contributed by atoms with Gasteiger partial charge in [-0.15, -0.1) is 0 Å². The first kappa shape index (κ1) is 50.7. The van der Waals surface area contributed by atoms with Crippen molar-refractivity contribution < 1.29 is 49.0 Å². The maximum atomic E-state index is 12.7. The first-order valence-electron chi connectivity index (χ1n) is 21.7. The van der Waals surface area contributed by atoms with Crippen LogP contribution in [0.15, 0.2) is 48.6 Å². The molecule has 0 spiro atoms. The fraction of sp³-hybridized carbons (Fsp3) is 0.778. The zero-order valence-electron chi connectivity index (χ0n) is 34.4. The molecule has 1 saturated heterocycles. The second-order valence-corrected chi connectivity index (χ2v) is 14.8. The maximum Gasteiger partial charge on any atom is 0.306 e. The van der Waals surface area contributed by atoms with Gasteiger partial charge in [0.2, 0.25) is 0 Å². The normalized spacial score (nSPS) is 21.0. The van der Waals surface area contributed by atoms with E-state index in [1.165, 1.54) is 70.6 Å². The van der Waals surface area contributed by atoms with E-state index in [2.05, 4.69) is 62.5 Å². The molecule has 2 unspecified atom stereocenters. The van der Waals surface area contributed by atoms with Gasteiger partial charge in [0, 0.05) is 12.8 Å². The standard InChI is InChI=1S/C45H78O10/c1-3-5-7-9-11-13-15-17-19-21-23-25-27-29-31-33-40(47)52-36-38(37-53-45-44(51)43(50)42(49)39(35-46)55-45)54-41(48)34-32-30-28-26-24-22-20-18-16-14-12-10-8-6-4-2/h12-15,18,20,24,26,38-39,42-46,49-51H,3-11,16-17,19,21-23,25,27-37H2,1-2H3/b14-12+,15-13+,20-18+,26-24+/t38-,39-,42+,43?,44?,45-/m0/s1. The van der Waals surface area contributed by atoms with Crippen LogP contribution in [0.1, 0.15) is 168 Å². The quantitative estimate of drug-likeness (QED) is 0.0279. The average Bonchev–Trinajstić information content (AvgIpc) is 3.18. The van der Waals surface area contributed by atoms with Gasteiger partial charge >= 0.3 is 11.9 Å². The van der Waals surface area contributed by atoms with E-state index in [0.717, 1.165) is 57.8 Å². The molecule has 6 atom stereocenters. The Labute approximate surface area is 333 Å². The summed E-state index contributed by atoms with van der Waals surface area (Å²) in [4.78, 5) is 25.3. The van der Waals surface area contributed by atoms with Crippen LogP contribution in [-0.4, -0.2) is 89.0 Å². The molecule has 1 heterocycles. The van der Waals surface area contributed by atoms with Crippen LogP contribution < -0.4 is 0 Å². The van der Waals surface area contributed by atoms with Gasteiger partial charge in [0.05, 0.1) is 13.2 Å². The Bertz CT molecular complexity index is 1040. The van der Waals surface area contributed by atoms with Crippen molar-refractivity contribution in [2.75, 3.05) is 19.8 Å². The zero-order valence-corrected chi connectivity index (χ0v) is 34.4. The molecule has 0 aromatic carbocycles. The lowest BCUT2D eigenvalue weighted by Crippen LogP contribution is -2.59. The zero-order chi connectivity index (χ0) is 40.2. The highest BCUT2D eigenvalue weighted by Gasteiger charge is 2.44. The van der Waals surface area contributed by atoms with Crippen molar-refractivity contribution in [3.8, 4) is 0 Å². The minimum absolute atomic E-state index is 0.179. The Morgan fingerprint density at radius 1 is 0.564 bits per heavy atom. The van der Waals surface area contributed by atoms with Gasteiger partial charge in [-0.2, -0.15) is 0 Å². The predicted molar refractivity (Wildman–Crippen MR) is 219 cm³/mol. The number of allylic oxidation sites excluding steroid dienone is 8. The molecule has 0 amide bonds. The smallest absolute Gasteiger partial charge is 0.306 e. The number of unbranched alkanes of at least 4 members (excludes halogenated alkanes) is 16. The molecule has 1 aliphatic heterocycles. The first-order chi connectivity index (χ1) is 26.8. The van der Waals surface area contributed by atoms with E-state index < -0.39 is 55.4 Å². The fourth-order valence-corrected chi connectivity index (χ4v) is 6.19. The summed E-state index contributed by atoms with van der Waals surface area (Å²) in [5, 5.41) is 40.0. The number of carbonyl (C=O) groups is 2. The second-order valence-electron chi connectivity index (χ2n) is 14.8. The van der Waals surface area contributed by atoms with Gasteiger partial charge in [-0.25, -0.2) is 0 Å². The molecule has 318 valence electrons. The molecule has 4 N–H and O–H groups in total. The Morgan fingerprint density at radius 3 is 1.62 bits per heavy atom. The molecule has 1 fully saturated rings. The monoisotopic (exact) mass is 779 g/mol. The number of carbonyl (C=O) groups excluding carboxylic acids is 2. The van der Waals surface area contributed by atoms with Gasteiger partial charge in [-0.3, -0.25) is 9.59 Å². The highest BCUT2D eigenvalue weighted by molar-refractivity contribution is 5.70. The SMILES string of the molecule is CCCCC/C=C/C/C=C/C/C=C/CCCCC(=O)O[C@@H](COC(=O)CCCCCCCCC/C=C/CCCCCC)CO[C@H]1O[C@@H](CO)[C@@H](O)C(O)C1O. The number of ether oxygens (including phenoxy) is 4. The van der Waals surface area contributed by atoms with Crippen LogP contribution in [0.4, 0.5) is 0 Å². The predicted octanol–water partition coefficient (Wildman–Crippen LogP) is 8.88. The molecule has 0 aromatic heterocycles. The molecule has 10 heteroatoms. The van der Waals surface area contributed by atoms with Crippen molar-refractivity contribution in [2.24, 2.45) is 0 Å². The third-order valence-corrected chi connectivity index (χ3v) is 9.69. The highest BCUT2D eigenvalue weighted by atomic mass is 16.7. The van der Waals surface area contributed by atoms with Gasteiger partial charge in [0.25, 0.3) is 0 Å². The second kappa shape index (κ2) is 36.0. The molecule has 0 aliphatic carbocycles. The van der Waals surface area contributed by atoms with Gasteiger partial charge in [-0.1, -0.05) is 127 Å². The number of hydrogen-bond donors (Lipinski definition) is 4. The molecular formula is C45H78O10. The largest absolute Gasteiger partial charge is 0.462 e. The minimum Gasteiger partial charge on any atom is -0.462 e. The molecule has 1 rings (SSSR count). The van der Waals surface area contributed by atoms with Crippen LogP contribution in [0, 0.1) is 0 Å². The van der Waals surface area contributed by atoms with E-state index >= 15 is 0 Å². The number of rotatable bonds is 35. The molecule has 55 heavy (non-hydrogen) atoms. The van der Waals surface area contributed by atoms with E-state index in [9.17, 15) is 30.0 Å². The van der Waals surface area contributed by atoms with Crippen molar-refractivity contribution in [1.29, 1.82) is 0 Å². The van der Waals surface area contributed by atoms with Crippen LogP contribution in [0.2, 0.25) is 0 Å².